The Balaban J connectivity index is 1.60. The van der Waals surface area contributed by atoms with Crippen molar-refractivity contribution in [3.05, 3.63) is 29.3 Å². The maximum absolute atomic E-state index is 6.14. The molecule has 110 valence electrons. The maximum atomic E-state index is 6.14. The molecule has 0 saturated carbocycles. The summed E-state index contributed by atoms with van der Waals surface area (Å²) >= 11 is 0. The number of benzene rings is 1. The van der Waals surface area contributed by atoms with Crippen LogP contribution in [-0.4, -0.2) is 36.7 Å². The van der Waals surface area contributed by atoms with Gasteiger partial charge in [-0.15, -0.1) is 0 Å². The van der Waals surface area contributed by atoms with Crippen LogP contribution in [0.5, 0.6) is 5.75 Å². The van der Waals surface area contributed by atoms with E-state index in [2.05, 4.69) is 30.0 Å². The lowest BCUT2D eigenvalue weighted by Crippen LogP contribution is -2.49. The number of rotatable bonds is 4. The molecule has 1 saturated heterocycles. The molecule has 2 heterocycles. The van der Waals surface area contributed by atoms with E-state index in [1.54, 1.807) is 0 Å². The Hall–Kier alpha value is -1.06. The standard InChI is InChI=1S/C17H26N2O/c1-13(18)16-4-2-3-9-19(16)10-7-14-5-6-17-15(12-14)8-11-20-17/h5-6,12-13,16H,2-4,7-11,18H2,1H3. The fraction of sp³-hybridized carbons (Fsp3) is 0.647. The first-order chi connectivity index (χ1) is 9.74. The highest BCUT2D eigenvalue weighted by Gasteiger charge is 2.24. The molecule has 2 N–H and O–H groups in total. The summed E-state index contributed by atoms with van der Waals surface area (Å²) in [4.78, 5) is 2.60. The van der Waals surface area contributed by atoms with Crippen molar-refractivity contribution in [3.63, 3.8) is 0 Å². The van der Waals surface area contributed by atoms with E-state index in [4.69, 9.17) is 10.5 Å². The Kier molecular flexibility index (Phi) is 4.27. The molecule has 3 heteroatoms. The summed E-state index contributed by atoms with van der Waals surface area (Å²) < 4.78 is 5.57. The SMILES string of the molecule is CC(N)C1CCCCN1CCc1ccc2c(c1)CCO2. The molecule has 0 radical (unpaired) electrons. The van der Waals surface area contributed by atoms with E-state index in [-0.39, 0.29) is 6.04 Å². The Labute approximate surface area is 122 Å². The third kappa shape index (κ3) is 2.99. The molecule has 2 atom stereocenters. The van der Waals surface area contributed by atoms with Crippen LogP contribution in [0.3, 0.4) is 0 Å². The number of piperidine rings is 1. The topological polar surface area (TPSA) is 38.5 Å². The van der Waals surface area contributed by atoms with Crippen molar-refractivity contribution in [2.24, 2.45) is 5.73 Å². The third-order valence-corrected chi connectivity index (χ3v) is 4.71. The first-order valence-corrected chi connectivity index (χ1v) is 7.98. The van der Waals surface area contributed by atoms with Gasteiger partial charge in [0.1, 0.15) is 5.75 Å². The van der Waals surface area contributed by atoms with Crippen LogP contribution in [0.1, 0.15) is 37.3 Å². The van der Waals surface area contributed by atoms with Crippen LogP contribution in [0.15, 0.2) is 18.2 Å². The molecule has 0 aromatic heterocycles. The van der Waals surface area contributed by atoms with Crippen molar-refractivity contribution in [2.45, 2.75) is 51.1 Å². The second-order valence-corrected chi connectivity index (χ2v) is 6.25. The normalized spacial score (nSPS) is 24.2. The van der Waals surface area contributed by atoms with Crippen LogP contribution in [-0.2, 0) is 12.8 Å². The van der Waals surface area contributed by atoms with Gasteiger partial charge in [0.05, 0.1) is 6.61 Å². The van der Waals surface area contributed by atoms with Gasteiger partial charge in [0, 0.05) is 25.0 Å². The second-order valence-electron chi connectivity index (χ2n) is 6.25. The van der Waals surface area contributed by atoms with Gasteiger partial charge in [-0.25, -0.2) is 0 Å². The van der Waals surface area contributed by atoms with Crippen molar-refractivity contribution in [3.8, 4) is 5.75 Å². The monoisotopic (exact) mass is 274 g/mol. The minimum absolute atomic E-state index is 0.281. The number of nitrogens with two attached hydrogens (primary N) is 1. The van der Waals surface area contributed by atoms with Crippen LogP contribution >= 0.6 is 0 Å². The molecule has 0 bridgehead atoms. The number of fused-ring (bicyclic) bond motifs is 1. The molecule has 0 aliphatic carbocycles. The largest absolute Gasteiger partial charge is 0.493 e. The summed E-state index contributed by atoms with van der Waals surface area (Å²) in [6.07, 6.45) is 6.10. The van der Waals surface area contributed by atoms with E-state index < -0.39 is 0 Å². The molecule has 0 amide bonds. The molecule has 1 aromatic carbocycles. The zero-order chi connectivity index (χ0) is 13.9. The molecule has 1 fully saturated rings. The van der Waals surface area contributed by atoms with Gasteiger partial charge in [-0.05, 0) is 49.9 Å². The first kappa shape index (κ1) is 13.9. The van der Waals surface area contributed by atoms with E-state index in [1.807, 2.05) is 0 Å². The summed E-state index contributed by atoms with van der Waals surface area (Å²) in [7, 11) is 0. The Morgan fingerprint density at radius 2 is 2.30 bits per heavy atom. The number of ether oxygens (including phenoxy) is 1. The lowest BCUT2D eigenvalue weighted by molar-refractivity contribution is 0.132. The van der Waals surface area contributed by atoms with Gasteiger partial charge in [-0.2, -0.15) is 0 Å². The molecule has 2 unspecified atom stereocenters. The summed E-state index contributed by atoms with van der Waals surface area (Å²) in [5, 5.41) is 0. The second kappa shape index (κ2) is 6.15. The number of hydrogen-bond acceptors (Lipinski definition) is 3. The smallest absolute Gasteiger partial charge is 0.122 e. The quantitative estimate of drug-likeness (QED) is 0.916. The van der Waals surface area contributed by atoms with E-state index in [1.165, 1.54) is 36.9 Å². The van der Waals surface area contributed by atoms with Crippen molar-refractivity contribution >= 4 is 0 Å². The molecule has 20 heavy (non-hydrogen) atoms. The Bertz CT molecular complexity index is 458. The third-order valence-electron chi connectivity index (χ3n) is 4.71. The van der Waals surface area contributed by atoms with Crippen LogP contribution in [0, 0.1) is 0 Å². The average molecular weight is 274 g/mol. The molecule has 3 nitrogen and oxygen atoms in total. The molecule has 1 aromatic rings. The fourth-order valence-corrected chi connectivity index (χ4v) is 3.56. The zero-order valence-corrected chi connectivity index (χ0v) is 12.5. The van der Waals surface area contributed by atoms with Gasteiger partial charge in [0.15, 0.2) is 0 Å². The zero-order valence-electron chi connectivity index (χ0n) is 12.5. The lowest BCUT2D eigenvalue weighted by atomic mass is 9.96. The predicted octanol–water partition coefficient (Wildman–Crippen LogP) is 2.37. The number of hydrogen-bond donors (Lipinski definition) is 1. The molecule has 2 aliphatic heterocycles. The van der Waals surface area contributed by atoms with Crippen molar-refractivity contribution in [1.29, 1.82) is 0 Å². The highest BCUT2D eigenvalue weighted by atomic mass is 16.5. The van der Waals surface area contributed by atoms with Gasteiger partial charge >= 0.3 is 0 Å². The van der Waals surface area contributed by atoms with E-state index in [0.29, 0.717) is 6.04 Å². The molecular formula is C17H26N2O. The van der Waals surface area contributed by atoms with E-state index in [0.717, 1.165) is 31.7 Å². The van der Waals surface area contributed by atoms with Crippen molar-refractivity contribution in [2.75, 3.05) is 19.7 Å². The van der Waals surface area contributed by atoms with E-state index >= 15 is 0 Å². The van der Waals surface area contributed by atoms with Crippen LogP contribution in [0.4, 0.5) is 0 Å². The molecule has 3 rings (SSSR count). The van der Waals surface area contributed by atoms with Gasteiger partial charge in [-0.1, -0.05) is 18.6 Å². The minimum Gasteiger partial charge on any atom is -0.493 e. The highest BCUT2D eigenvalue weighted by Crippen LogP contribution is 2.26. The molecular weight excluding hydrogens is 248 g/mol. The number of nitrogens with zero attached hydrogens (tertiary/aromatic N) is 1. The molecule has 0 spiro atoms. The van der Waals surface area contributed by atoms with Crippen molar-refractivity contribution < 1.29 is 4.74 Å². The molecule has 2 aliphatic rings. The Morgan fingerprint density at radius 1 is 1.40 bits per heavy atom. The van der Waals surface area contributed by atoms with Gasteiger partial charge in [-0.3, -0.25) is 4.90 Å². The maximum Gasteiger partial charge on any atom is 0.122 e. The highest BCUT2D eigenvalue weighted by molar-refractivity contribution is 5.39. The van der Waals surface area contributed by atoms with Crippen LogP contribution in [0.25, 0.3) is 0 Å². The van der Waals surface area contributed by atoms with Gasteiger partial charge in [0.25, 0.3) is 0 Å². The summed E-state index contributed by atoms with van der Waals surface area (Å²) in [5.41, 5.74) is 8.96. The summed E-state index contributed by atoms with van der Waals surface area (Å²) in [6.45, 7) is 5.33. The van der Waals surface area contributed by atoms with Crippen LogP contribution < -0.4 is 10.5 Å². The van der Waals surface area contributed by atoms with Crippen molar-refractivity contribution in [1.82, 2.24) is 4.90 Å². The minimum atomic E-state index is 0.281. The predicted molar refractivity (Wildman–Crippen MR) is 82.2 cm³/mol. The van der Waals surface area contributed by atoms with E-state index in [9.17, 15) is 0 Å². The van der Waals surface area contributed by atoms with Gasteiger partial charge in [0.2, 0.25) is 0 Å². The van der Waals surface area contributed by atoms with Crippen LogP contribution in [0.2, 0.25) is 0 Å². The fourth-order valence-electron chi connectivity index (χ4n) is 3.56. The Morgan fingerprint density at radius 3 is 3.15 bits per heavy atom. The summed E-state index contributed by atoms with van der Waals surface area (Å²) in [5.74, 6) is 1.08. The summed E-state index contributed by atoms with van der Waals surface area (Å²) in [6, 6.07) is 7.53. The first-order valence-electron chi connectivity index (χ1n) is 7.98. The number of likely N-dealkylation sites (tertiary alicyclic amines) is 1. The van der Waals surface area contributed by atoms with Gasteiger partial charge < -0.3 is 10.5 Å². The lowest BCUT2D eigenvalue weighted by Gasteiger charge is -2.38. The average Bonchev–Trinajstić information content (AvgIpc) is 2.92.